The van der Waals surface area contributed by atoms with Crippen LogP contribution >= 0.6 is 0 Å². The van der Waals surface area contributed by atoms with E-state index in [0.717, 1.165) is 22.7 Å². The normalized spacial score (nSPS) is 12.5. The summed E-state index contributed by atoms with van der Waals surface area (Å²) in [5.41, 5.74) is 2.85. The number of aromatic nitrogens is 2. The van der Waals surface area contributed by atoms with E-state index in [2.05, 4.69) is 18.7 Å². The van der Waals surface area contributed by atoms with E-state index in [1.165, 1.54) is 0 Å². The first-order valence-corrected chi connectivity index (χ1v) is 10.9. The Labute approximate surface area is 185 Å². The molecule has 3 aromatic rings. The van der Waals surface area contributed by atoms with Crippen LogP contribution < -0.4 is 4.74 Å². The van der Waals surface area contributed by atoms with Crippen LogP contribution in [0.25, 0.3) is 5.69 Å². The fraction of sp³-hybridized carbons (Fsp3) is 0.400. The molecule has 0 bridgehead atoms. The maximum absolute atomic E-state index is 10.4. The van der Waals surface area contributed by atoms with Gasteiger partial charge < -0.3 is 14.6 Å². The van der Waals surface area contributed by atoms with Crippen LogP contribution in [-0.2, 0) is 11.3 Å². The molecule has 0 saturated carbocycles. The number of aryl methyl sites for hydroxylation is 1. The number of hydrogen-bond donors (Lipinski definition) is 1. The zero-order chi connectivity index (χ0) is 22.2. The molecule has 1 heterocycles. The summed E-state index contributed by atoms with van der Waals surface area (Å²) in [5, 5.41) is 15.2. The standard InChI is InChI=1S/C25H33N3O3/c1-5-30-18-22(29)16-27(19(2)3)17-24-20(4)26-28(21-12-8-6-9-13-21)25(24)31-23-14-10-7-11-15-23/h6-15,19,22,29H,5,16-18H2,1-4H3/t22-/m0/s1. The van der Waals surface area contributed by atoms with Gasteiger partial charge in [-0.15, -0.1) is 0 Å². The molecule has 0 aliphatic carbocycles. The molecule has 0 unspecified atom stereocenters. The minimum Gasteiger partial charge on any atom is -0.439 e. The van der Waals surface area contributed by atoms with E-state index < -0.39 is 6.10 Å². The van der Waals surface area contributed by atoms with Gasteiger partial charge in [0, 0.05) is 25.7 Å². The summed E-state index contributed by atoms with van der Waals surface area (Å²) < 4.78 is 13.6. The third-order valence-corrected chi connectivity index (χ3v) is 5.15. The van der Waals surface area contributed by atoms with Crippen molar-refractivity contribution in [2.75, 3.05) is 19.8 Å². The average molecular weight is 424 g/mol. The van der Waals surface area contributed by atoms with Crippen LogP contribution in [0.5, 0.6) is 11.6 Å². The van der Waals surface area contributed by atoms with Gasteiger partial charge in [0.05, 0.1) is 29.7 Å². The number of benzene rings is 2. The second kappa shape index (κ2) is 11.1. The predicted octanol–water partition coefficient (Wildman–Crippen LogP) is 4.58. The first-order valence-electron chi connectivity index (χ1n) is 10.9. The SMILES string of the molecule is CCOC[C@@H](O)CN(Cc1c(C)nn(-c2ccccc2)c1Oc1ccccc1)C(C)C. The van der Waals surface area contributed by atoms with Crippen molar-refractivity contribution in [2.24, 2.45) is 0 Å². The highest BCUT2D eigenvalue weighted by Gasteiger charge is 2.23. The fourth-order valence-electron chi connectivity index (χ4n) is 3.41. The minimum absolute atomic E-state index is 0.236. The van der Waals surface area contributed by atoms with E-state index >= 15 is 0 Å². The van der Waals surface area contributed by atoms with E-state index in [1.807, 2.05) is 79.2 Å². The first kappa shape index (κ1) is 23.0. The van der Waals surface area contributed by atoms with Crippen molar-refractivity contribution in [3.05, 3.63) is 71.9 Å². The number of ether oxygens (including phenoxy) is 2. The second-order valence-corrected chi connectivity index (χ2v) is 7.87. The molecule has 1 N–H and O–H groups in total. The summed E-state index contributed by atoms with van der Waals surface area (Å²) in [5.74, 6) is 1.45. The molecule has 3 rings (SSSR count). The monoisotopic (exact) mass is 423 g/mol. The summed E-state index contributed by atoms with van der Waals surface area (Å²) in [4.78, 5) is 2.22. The Morgan fingerprint density at radius 1 is 1.03 bits per heavy atom. The van der Waals surface area contributed by atoms with Crippen molar-refractivity contribution < 1.29 is 14.6 Å². The van der Waals surface area contributed by atoms with Gasteiger partial charge in [-0.3, -0.25) is 4.90 Å². The van der Waals surface area contributed by atoms with Gasteiger partial charge in [-0.1, -0.05) is 36.4 Å². The molecule has 6 nitrogen and oxygen atoms in total. The molecule has 0 aliphatic heterocycles. The Kier molecular flexibility index (Phi) is 8.23. The van der Waals surface area contributed by atoms with E-state index in [-0.39, 0.29) is 6.04 Å². The Hall–Kier alpha value is -2.67. The van der Waals surface area contributed by atoms with Crippen LogP contribution in [0, 0.1) is 6.92 Å². The largest absolute Gasteiger partial charge is 0.439 e. The topological polar surface area (TPSA) is 59.8 Å². The Balaban J connectivity index is 1.95. The maximum Gasteiger partial charge on any atom is 0.227 e. The van der Waals surface area contributed by atoms with Crippen molar-refractivity contribution in [1.82, 2.24) is 14.7 Å². The summed E-state index contributed by atoms with van der Waals surface area (Å²) in [6, 6.07) is 20.0. The number of aliphatic hydroxyl groups is 1. The zero-order valence-corrected chi connectivity index (χ0v) is 18.9. The highest BCUT2D eigenvalue weighted by molar-refractivity contribution is 5.43. The zero-order valence-electron chi connectivity index (χ0n) is 18.9. The van der Waals surface area contributed by atoms with E-state index in [9.17, 15) is 5.11 Å². The molecule has 0 amide bonds. The lowest BCUT2D eigenvalue weighted by atomic mass is 10.2. The predicted molar refractivity (Wildman–Crippen MR) is 123 cm³/mol. The first-order chi connectivity index (χ1) is 15.0. The van der Waals surface area contributed by atoms with Gasteiger partial charge in [0.2, 0.25) is 5.88 Å². The Bertz CT molecular complexity index is 926. The number of aliphatic hydroxyl groups excluding tert-OH is 1. The van der Waals surface area contributed by atoms with Crippen LogP contribution in [0.3, 0.4) is 0 Å². The quantitative estimate of drug-likeness (QED) is 0.489. The number of rotatable bonds is 11. The van der Waals surface area contributed by atoms with Gasteiger partial charge in [0.25, 0.3) is 0 Å². The van der Waals surface area contributed by atoms with Crippen LogP contribution in [0.2, 0.25) is 0 Å². The lowest BCUT2D eigenvalue weighted by Gasteiger charge is -2.29. The van der Waals surface area contributed by atoms with Crippen LogP contribution in [0.1, 0.15) is 32.0 Å². The maximum atomic E-state index is 10.4. The molecule has 2 aromatic carbocycles. The third-order valence-electron chi connectivity index (χ3n) is 5.15. The molecule has 6 heteroatoms. The summed E-state index contributed by atoms with van der Waals surface area (Å²) in [6.45, 7) is 10.2. The smallest absolute Gasteiger partial charge is 0.227 e. The van der Waals surface area contributed by atoms with Gasteiger partial charge in [0.15, 0.2) is 0 Å². The van der Waals surface area contributed by atoms with E-state index in [4.69, 9.17) is 14.6 Å². The highest BCUT2D eigenvalue weighted by atomic mass is 16.5. The summed E-state index contributed by atoms with van der Waals surface area (Å²) in [6.07, 6.45) is -0.551. The average Bonchev–Trinajstić information content (AvgIpc) is 3.08. The number of nitrogens with zero attached hydrogens (tertiary/aromatic N) is 3. The van der Waals surface area contributed by atoms with Crippen molar-refractivity contribution >= 4 is 0 Å². The molecule has 1 atom stereocenters. The molecule has 0 spiro atoms. The van der Waals surface area contributed by atoms with Gasteiger partial charge in [0.1, 0.15) is 5.75 Å². The molecular formula is C25H33N3O3. The molecular weight excluding hydrogens is 390 g/mol. The number of para-hydroxylation sites is 2. The lowest BCUT2D eigenvalue weighted by molar-refractivity contribution is 0.0131. The molecule has 166 valence electrons. The lowest BCUT2D eigenvalue weighted by Crippen LogP contribution is -2.39. The van der Waals surface area contributed by atoms with E-state index in [0.29, 0.717) is 32.2 Å². The van der Waals surface area contributed by atoms with Crippen molar-refractivity contribution in [1.29, 1.82) is 0 Å². The van der Waals surface area contributed by atoms with Gasteiger partial charge in [-0.05, 0) is 52.0 Å². The molecule has 1 aromatic heterocycles. The summed E-state index contributed by atoms with van der Waals surface area (Å²) >= 11 is 0. The molecule has 0 fully saturated rings. The van der Waals surface area contributed by atoms with Crippen LogP contribution in [0.4, 0.5) is 0 Å². The molecule has 31 heavy (non-hydrogen) atoms. The van der Waals surface area contributed by atoms with Crippen molar-refractivity contribution in [3.63, 3.8) is 0 Å². The second-order valence-electron chi connectivity index (χ2n) is 7.87. The fourth-order valence-corrected chi connectivity index (χ4v) is 3.41. The number of hydrogen-bond acceptors (Lipinski definition) is 5. The molecule has 0 saturated heterocycles. The van der Waals surface area contributed by atoms with Crippen LogP contribution in [-0.4, -0.2) is 51.7 Å². The van der Waals surface area contributed by atoms with Crippen molar-refractivity contribution in [3.8, 4) is 17.3 Å². The highest BCUT2D eigenvalue weighted by Crippen LogP contribution is 2.32. The molecule has 0 aliphatic rings. The minimum atomic E-state index is -0.551. The van der Waals surface area contributed by atoms with Crippen molar-refractivity contribution in [2.45, 2.75) is 46.4 Å². The third kappa shape index (κ3) is 6.17. The van der Waals surface area contributed by atoms with Gasteiger partial charge in [-0.25, -0.2) is 4.68 Å². The molecule has 0 radical (unpaired) electrons. The van der Waals surface area contributed by atoms with Gasteiger partial charge in [-0.2, -0.15) is 5.10 Å². The summed E-state index contributed by atoms with van der Waals surface area (Å²) in [7, 11) is 0. The Morgan fingerprint density at radius 3 is 2.29 bits per heavy atom. The van der Waals surface area contributed by atoms with E-state index in [1.54, 1.807) is 0 Å². The van der Waals surface area contributed by atoms with Crippen LogP contribution in [0.15, 0.2) is 60.7 Å². The van der Waals surface area contributed by atoms with Gasteiger partial charge >= 0.3 is 0 Å². The Morgan fingerprint density at radius 2 is 1.68 bits per heavy atom.